The minimum absolute atomic E-state index is 0.617. The van der Waals surface area contributed by atoms with E-state index in [0.29, 0.717) is 12.5 Å². The summed E-state index contributed by atoms with van der Waals surface area (Å²) in [4.78, 5) is 4.80. The fourth-order valence-corrected chi connectivity index (χ4v) is 3.83. The molecule has 1 aromatic heterocycles. The van der Waals surface area contributed by atoms with Crippen LogP contribution in [0, 0.1) is 0 Å². The van der Waals surface area contributed by atoms with Crippen LogP contribution in [0.25, 0.3) is 11.3 Å². The molecular formula is C16H20N2OS. The Kier molecular flexibility index (Phi) is 3.92. The van der Waals surface area contributed by atoms with Gasteiger partial charge in [-0.15, -0.1) is 11.3 Å². The van der Waals surface area contributed by atoms with Crippen molar-refractivity contribution in [3.63, 3.8) is 0 Å². The van der Waals surface area contributed by atoms with Crippen molar-refractivity contribution in [3.8, 4) is 17.0 Å². The van der Waals surface area contributed by atoms with Gasteiger partial charge in [-0.2, -0.15) is 0 Å². The standard InChI is InChI=1S/C16H20N2OS/c1-2-19-13-9-5-8-12(10-13)14-15(17)20-16(18-14)11-6-3-4-7-11/h5,8-11H,2-4,6-7,17H2,1H3. The van der Waals surface area contributed by atoms with Gasteiger partial charge in [0.25, 0.3) is 0 Å². The maximum Gasteiger partial charge on any atom is 0.119 e. The van der Waals surface area contributed by atoms with Crippen LogP contribution in [0.1, 0.15) is 43.5 Å². The van der Waals surface area contributed by atoms with E-state index >= 15 is 0 Å². The van der Waals surface area contributed by atoms with Gasteiger partial charge in [0.05, 0.1) is 11.6 Å². The maximum absolute atomic E-state index is 6.18. The number of rotatable bonds is 4. The Labute approximate surface area is 123 Å². The number of aromatic nitrogens is 1. The van der Waals surface area contributed by atoms with Gasteiger partial charge < -0.3 is 10.5 Å². The van der Waals surface area contributed by atoms with Crippen LogP contribution >= 0.6 is 11.3 Å². The molecule has 3 nitrogen and oxygen atoms in total. The number of nitrogen functional groups attached to an aromatic ring is 1. The summed E-state index contributed by atoms with van der Waals surface area (Å²) in [6.07, 6.45) is 5.15. The summed E-state index contributed by atoms with van der Waals surface area (Å²) in [5.74, 6) is 1.49. The lowest BCUT2D eigenvalue weighted by Gasteiger charge is -2.05. The molecule has 1 fully saturated rings. The molecule has 0 radical (unpaired) electrons. The van der Waals surface area contributed by atoms with E-state index in [-0.39, 0.29) is 0 Å². The first-order valence-electron chi connectivity index (χ1n) is 7.27. The lowest BCUT2D eigenvalue weighted by atomic mass is 10.1. The fraction of sp³-hybridized carbons (Fsp3) is 0.438. The van der Waals surface area contributed by atoms with Gasteiger partial charge in [-0.05, 0) is 31.9 Å². The van der Waals surface area contributed by atoms with Crippen molar-refractivity contribution in [3.05, 3.63) is 29.3 Å². The van der Waals surface area contributed by atoms with Crippen molar-refractivity contribution < 1.29 is 4.74 Å². The second-order valence-electron chi connectivity index (χ2n) is 5.21. The third-order valence-corrected chi connectivity index (χ3v) is 4.84. The van der Waals surface area contributed by atoms with E-state index in [1.807, 2.05) is 31.2 Å². The average Bonchev–Trinajstić information content (AvgIpc) is 3.08. The third-order valence-electron chi connectivity index (χ3n) is 3.79. The largest absolute Gasteiger partial charge is 0.494 e. The first-order valence-corrected chi connectivity index (χ1v) is 8.09. The zero-order chi connectivity index (χ0) is 13.9. The van der Waals surface area contributed by atoms with Crippen molar-refractivity contribution in [2.45, 2.75) is 38.5 Å². The molecule has 0 unspecified atom stereocenters. The molecule has 1 aliphatic rings. The number of nitrogens with zero attached hydrogens (tertiary/aromatic N) is 1. The van der Waals surface area contributed by atoms with Crippen LogP contribution in [0.15, 0.2) is 24.3 Å². The Bertz CT molecular complexity index is 588. The zero-order valence-corrected chi connectivity index (χ0v) is 12.6. The molecule has 2 N–H and O–H groups in total. The van der Waals surface area contributed by atoms with E-state index in [9.17, 15) is 0 Å². The van der Waals surface area contributed by atoms with Gasteiger partial charge in [0, 0.05) is 11.5 Å². The Balaban J connectivity index is 1.91. The molecule has 0 atom stereocenters. The van der Waals surface area contributed by atoms with E-state index in [0.717, 1.165) is 22.0 Å². The first-order chi connectivity index (χ1) is 9.78. The summed E-state index contributed by atoms with van der Waals surface area (Å²) in [5, 5.41) is 2.03. The van der Waals surface area contributed by atoms with Gasteiger partial charge in [-0.3, -0.25) is 0 Å². The number of hydrogen-bond donors (Lipinski definition) is 1. The van der Waals surface area contributed by atoms with Crippen LogP contribution in [0.5, 0.6) is 5.75 Å². The first kappa shape index (κ1) is 13.4. The molecule has 0 saturated heterocycles. The number of thiazole rings is 1. The summed E-state index contributed by atoms with van der Waals surface area (Å²) in [6, 6.07) is 8.03. The topological polar surface area (TPSA) is 48.1 Å². The quantitative estimate of drug-likeness (QED) is 0.904. The molecule has 20 heavy (non-hydrogen) atoms. The number of ether oxygens (including phenoxy) is 1. The number of hydrogen-bond acceptors (Lipinski definition) is 4. The number of benzene rings is 1. The van der Waals surface area contributed by atoms with Crippen LogP contribution in [0.3, 0.4) is 0 Å². The second kappa shape index (κ2) is 5.83. The summed E-state index contributed by atoms with van der Waals surface area (Å²) >= 11 is 1.65. The van der Waals surface area contributed by atoms with Crippen LogP contribution in [0.4, 0.5) is 5.00 Å². The van der Waals surface area contributed by atoms with Crippen molar-refractivity contribution in [1.29, 1.82) is 0 Å². The van der Waals surface area contributed by atoms with E-state index in [1.165, 1.54) is 30.7 Å². The highest BCUT2D eigenvalue weighted by molar-refractivity contribution is 7.16. The van der Waals surface area contributed by atoms with Gasteiger partial charge in [0.15, 0.2) is 0 Å². The molecule has 1 saturated carbocycles. The monoisotopic (exact) mass is 288 g/mol. The van der Waals surface area contributed by atoms with Gasteiger partial charge >= 0.3 is 0 Å². The van der Waals surface area contributed by atoms with E-state index in [1.54, 1.807) is 11.3 Å². The maximum atomic E-state index is 6.18. The molecule has 0 bridgehead atoms. The van der Waals surface area contributed by atoms with Gasteiger partial charge in [0.1, 0.15) is 16.4 Å². The van der Waals surface area contributed by atoms with Crippen LogP contribution < -0.4 is 10.5 Å². The summed E-state index contributed by atoms with van der Waals surface area (Å²) in [5.41, 5.74) is 8.15. The predicted octanol–water partition coefficient (Wildman–Crippen LogP) is 4.45. The molecule has 4 heteroatoms. The summed E-state index contributed by atoms with van der Waals surface area (Å²) < 4.78 is 5.55. The van der Waals surface area contributed by atoms with Crippen LogP contribution in [-0.4, -0.2) is 11.6 Å². The second-order valence-corrected chi connectivity index (χ2v) is 6.27. The zero-order valence-electron chi connectivity index (χ0n) is 11.8. The molecule has 2 aromatic rings. The molecule has 0 amide bonds. The Morgan fingerprint density at radius 1 is 1.35 bits per heavy atom. The van der Waals surface area contributed by atoms with Crippen molar-refractivity contribution >= 4 is 16.3 Å². The average molecular weight is 288 g/mol. The van der Waals surface area contributed by atoms with Gasteiger partial charge in [0.2, 0.25) is 0 Å². The highest BCUT2D eigenvalue weighted by atomic mass is 32.1. The van der Waals surface area contributed by atoms with Crippen molar-refractivity contribution in [1.82, 2.24) is 4.98 Å². The minimum Gasteiger partial charge on any atom is -0.494 e. The molecule has 1 heterocycles. The molecule has 1 aliphatic carbocycles. The van der Waals surface area contributed by atoms with E-state index in [2.05, 4.69) is 0 Å². The Morgan fingerprint density at radius 2 is 2.15 bits per heavy atom. The normalized spacial score (nSPS) is 15.7. The van der Waals surface area contributed by atoms with Crippen molar-refractivity contribution in [2.75, 3.05) is 12.3 Å². The molecule has 0 spiro atoms. The number of anilines is 1. The number of nitrogens with two attached hydrogens (primary N) is 1. The Hall–Kier alpha value is -1.55. The van der Waals surface area contributed by atoms with Gasteiger partial charge in [-0.1, -0.05) is 25.0 Å². The highest BCUT2D eigenvalue weighted by Gasteiger charge is 2.22. The lowest BCUT2D eigenvalue weighted by Crippen LogP contribution is -1.93. The molecule has 106 valence electrons. The molecule has 1 aromatic carbocycles. The van der Waals surface area contributed by atoms with Crippen LogP contribution in [-0.2, 0) is 0 Å². The minimum atomic E-state index is 0.617. The van der Waals surface area contributed by atoms with E-state index in [4.69, 9.17) is 15.5 Å². The predicted molar refractivity (Wildman–Crippen MR) is 84.3 cm³/mol. The summed E-state index contributed by atoms with van der Waals surface area (Å²) in [7, 11) is 0. The molecule has 3 rings (SSSR count). The van der Waals surface area contributed by atoms with Crippen molar-refractivity contribution in [2.24, 2.45) is 0 Å². The Morgan fingerprint density at radius 3 is 2.90 bits per heavy atom. The molecule has 0 aliphatic heterocycles. The summed E-state index contributed by atoms with van der Waals surface area (Å²) in [6.45, 7) is 2.66. The molecular weight excluding hydrogens is 268 g/mol. The third kappa shape index (κ3) is 2.66. The lowest BCUT2D eigenvalue weighted by molar-refractivity contribution is 0.340. The SMILES string of the molecule is CCOc1cccc(-c2nc(C3CCCC3)sc2N)c1. The van der Waals surface area contributed by atoms with E-state index < -0.39 is 0 Å². The highest BCUT2D eigenvalue weighted by Crippen LogP contribution is 2.41. The fourth-order valence-electron chi connectivity index (χ4n) is 2.80. The van der Waals surface area contributed by atoms with Gasteiger partial charge in [-0.25, -0.2) is 4.98 Å². The van der Waals surface area contributed by atoms with Crippen LogP contribution in [0.2, 0.25) is 0 Å². The smallest absolute Gasteiger partial charge is 0.119 e.